The van der Waals surface area contributed by atoms with Crippen LogP contribution in [0.25, 0.3) is 0 Å². The molecule has 0 radical (unpaired) electrons. The van der Waals surface area contributed by atoms with E-state index in [0.717, 1.165) is 18.8 Å². The van der Waals surface area contributed by atoms with E-state index in [0.29, 0.717) is 17.4 Å². The van der Waals surface area contributed by atoms with Gasteiger partial charge in [0.05, 0.1) is 27.6 Å². The van der Waals surface area contributed by atoms with Crippen molar-refractivity contribution in [1.29, 1.82) is 0 Å². The highest BCUT2D eigenvalue weighted by molar-refractivity contribution is 5.71. The van der Waals surface area contributed by atoms with Crippen LogP contribution in [0.3, 0.4) is 0 Å². The van der Waals surface area contributed by atoms with Crippen LogP contribution in [0.4, 0.5) is 0 Å². The summed E-state index contributed by atoms with van der Waals surface area (Å²) in [5, 5.41) is 9.03. The lowest BCUT2D eigenvalue weighted by atomic mass is 9.98. The predicted molar refractivity (Wildman–Crippen MR) is 134 cm³/mol. The molecule has 0 fully saturated rings. The van der Waals surface area contributed by atoms with Gasteiger partial charge in [-0.1, -0.05) is 104 Å². The van der Waals surface area contributed by atoms with Crippen LogP contribution in [-0.4, -0.2) is 55.3 Å². The average molecular weight is 457 g/mol. The number of ether oxygens (including phenoxy) is 1. The van der Waals surface area contributed by atoms with E-state index in [1.54, 1.807) is 0 Å². The van der Waals surface area contributed by atoms with Crippen LogP contribution >= 0.6 is 0 Å². The van der Waals surface area contributed by atoms with Crippen LogP contribution in [0.1, 0.15) is 123 Å². The first-order chi connectivity index (χ1) is 15.1. The van der Waals surface area contributed by atoms with Crippen LogP contribution in [0.2, 0.25) is 0 Å². The molecule has 0 saturated carbocycles. The third-order valence-electron chi connectivity index (χ3n) is 6.06. The maximum absolute atomic E-state index is 12.1. The zero-order valence-electron chi connectivity index (χ0n) is 22.0. The minimum absolute atomic E-state index is 0.126. The van der Waals surface area contributed by atoms with Gasteiger partial charge < -0.3 is 14.3 Å². The number of likely N-dealkylation sites (N-methyl/N-ethyl adjacent to an activating group) is 1. The van der Waals surface area contributed by atoms with Crippen LogP contribution in [0.5, 0.6) is 0 Å². The molecule has 0 heterocycles. The predicted octanol–water partition coefficient (Wildman–Crippen LogP) is 6.98. The van der Waals surface area contributed by atoms with Crippen molar-refractivity contribution in [2.45, 2.75) is 129 Å². The van der Waals surface area contributed by atoms with Crippen molar-refractivity contribution in [3.63, 3.8) is 0 Å². The lowest BCUT2D eigenvalue weighted by Crippen LogP contribution is -2.43. The molecule has 0 aliphatic rings. The number of carbonyl (C=O) groups excluding carboxylic acids is 1. The molecule has 0 saturated heterocycles. The van der Waals surface area contributed by atoms with E-state index < -0.39 is 12.1 Å². The Bertz CT molecular complexity index is 473. The molecular formula is C27H54NO4+. The second-order valence-corrected chi connectivity index (χ2v) is 10.9. The molecule has 0 rings (SSSR count). The van der Waals surface area contributed by atoms with Crippen molar-refractivity contribution in [2.75, 3.05) is 27.7 Å². The maximum Gasteiger partial charge on any atom is 0.307 e. The first-order valence-corrected chi connectivity index (χ1v) is 13.4. The Balaban J connectivity index is 3.55. The van der Waals surface area contributed by atoms with Gasteiger partial charge in [0.15, 0.2) is 6.10 Å². The standard InChI is InChI=1S/C27H53NO4/c1-6-19-24(2)20-17-15-13-11-9-7-8-10-12-14-16-18-21-27(31)32-25(22-26(29)30)23-28(3,4)5/h24-25H,6-23H2,1-5H3/p+1. The highest BCUT2D eigenvalue weighted by Gasteiger charge is 2.24. The fourth-order valence-electron chi connectivity index (χ4n) is 4.36. The summed E-state index contributed by atoms with van der Waals surface area (Å²) in [5.41, 5.74) is 0. The SMILES string of the molecule is CCCC(C)CCCCCCCCCCCCCCC(=O)OC(CC(=O)O)C[N+](C)(C)C. The molecule has 32 heavy (non-hydrogen) atoms. The topological polar surface area (TPSA) is 63.6 Å². The largest absolute Gasteiger partial charge is 0.481 e. The fourth-order valence-corrected chi connectivity index (χ4v) is 4.36. The summed E-state index contributed by atoms with van der Waals surface area (Å²) in [6.45, 7) is 5.18. The Labute approximate surface area is 198 Å². The van der Waals surface area contributed by atoms with E-state index >= 15 is 0 Å². The van der Waals surface area contributed by atoms with Gasteiger partial charge in [-0.25, -0.2) is 0 Å². The van der Waals surface area contributed by atoms with Gasteiger partial charge in [0, 0.05) is 6.42 Å². The number of esters is 1. The molecule has 0 aromatic rings. The van der Waals surface area contributed by atoms with Crippen molar-refractivity contribution in [3.05, 3.63) is 0 Å². The van der Waals surface area contributed by atoms with Crippen LogP contribution < -0.4 is 0 Å². The van der Waals surface area contributed by atoms with E-state index in [-0.39, 0.29) is 12.4 Å². The van der Waals surface area contributed by atoms with Crippen molar-refractivity contribution in [3.8, 4) is 0 Å². The molecule has 0 spiro atoms. The summed E-state index contributed by atoms with van der Waals surface area (Å²) in [4.78, 5) is 23.1. The van der Waals surface area contributed by atoms with Gasteiger partial charge in [-0.05, 0) is 12.3 Å². The number of quaternary nitrogens is 1. The molecule has 0 aromatic carbocycles. The highest BCUT2D eigenvalue weighted by atomic mass is 16.5. The lowest BCUT2D eigenvalue weighted by Gasteiger charge is -2.28. The van der Waals surface area contributed by atoms with Crippen molar-refractivity contribution in [2.24, 2.45) is 5.92 Å². The molecule has 2 atom stereocenters. The summed E-state index contributed by atoms with van der Waals surface area (Å²) in [6, 6.07) is 0. The Kier molecular flexibility index (Phi) is 18.7. The normalized spacial score (nSPS) is 13.7. The number of carboxylic acid groups (broad SMARTS) is 1. The number of carbonyl (C=O) groups is 2. The number of nitrogens with zero attached hydrogens (tertiary/aromatic N) is 1. The Morgan fingerprint density at radius 2 is 1.25 bits per heavy atom. The number of carboxylic acids is 1. The smallest absolute Gasteiger partial charge is 0.307 e. The van der Waals surface area contributed by atoms with Crippen LogP contribution in [0, 0.1) is 5.92 Å². The summed E-state index contributed by atoms with van der Waals surface area (Å²) in [7, 11) is 5.91. The van der Waals surface area contributed by atoms with Crippen molar-refractivity contribution < 1.29 is 23.9 Å². The molecule has 5 nitrogen and oxygen atoms in total. The minimum Gasteiger partial charge on any atom is -0.481 e. The summed E-state index contributed by atoms with van der Waals surface area (Å²) >= 11 is 0. The average Bonchev–Trinajstić information content (AvgIpc) is 2.66. The molecule has 0 bridgehead atoms. The number of unbranched alkanes of at least 4 members (excludes halogenated alkanes) is 11. The third-order valence-corrected chi connectivity index (χ3v) is 6.06. The molecule has 0 aromatic heterocycles. The van der Waals surface area contributed by atoms with Gasteiger partial charge in [-0.2, -0.15) is 0 Å². The number of hydrogen-bond acceptors (Lipinski definition) is 3. The van der Waals surface area contributed by atoms with Gasteiger partial charge >= 0.3 is 11.9 Å². The molecule has 2 unspecified atom stereocenters. The van der Waals surface area contributed by atoms with Crippen molar-refractivity contribution in [1.82, 2.24) is 0 Å². The number of hydrogen-bond donors (Lipinski definition) is 1. The van der Waals surface area contributed by atoms with Gasteiger partial charge in [0.2, 0.25) is 0 Å². The van der Waals surface area contributed by atoms with Gasteiger partial charge in [-0.3, -0.25) is 9.59 Å². The maximum atomic E-state index is 12.1. The second-order valence-electron chi connectivity index (χ2n) is 10.9. The molecule has 0 amide bonds. The lowest BCUT2D eigenvalue weighted by molar-refractivity contribution is -0.873. The van der Waals surface area contributed by atoms with Crippen LogP contribution in [-0.2, 0) is 14.3 Å². The molecular weight excluding hydrogens is 402 g/mol. The van der Waals surface area contributed by atoms with E-state index in [1.165, 1.54) is 83.5 Å². The Morgan fingerprint density at radius 1 is 0.781 bits per heavy atom. The fraction of sp³-hybridized carbons (Fsp3) is 0.926. The van der Waals surface area contributed by atoms with E-state index in [9.17, 15) is 9.59 Å². The van der Waals surface area contributed by atoms with E-state index in [2.05, 4.69) is 13.8 Å². The van der Waals surface area contributed by atoms with E-state index in [1.807, 2.05) is 21.1 Å². The van der Waals surface area contributed by atoms with E-state index in [4.69, 9.17) is 9.84 Å². The van der Waals surface area contributed by atoms with Gasteiger partial charge in [-0.15, -0.1) is 0 Å². The third kappa shape index (κ3) is 22.1. The highest BCUT2D eigenvalue weighted by Crippen LogP contribution is 2.17. The molecule has 0 aliphatic heterocycles. The van der Waals surface area contributed by atoms with Gasteiger partial charge in [0.1, 0.15) is 6.54 Å². The van der Waals surface area contributed by atoms with Gasteiger partial charge in [0.25, 0.3) is 0 Å². The summed E-state index contributed by atoms with van der Waals surface area (Å²) < 4.78 is 6.00. The number of aliphatic carboxylic acids is 1. The zero-order chi connectivity index (χ0) is 24.2. The summed E-state index contributed by atoms with van der Waals surface area (Å²) in [5.74, 6) is -0.273. The molecule has 0 aliphatic carbocycles. The first kappa shape index (κ1) is 30.9. The Morgan fingerprint density at radius 3 is 1.69 bits per heavy atom. The number of rotatable bonds is 22. The minimum atomic E-state index is -0.923. The summed E-state index contributed by atoms with van der Waals surface area (Å²) in [6.07, 6.45) is 19.1. The van der Waals surface area contributed by atoms with Crippen molar-refractivity contribution >= 4 is 11.9 Å². The Hall–Kier alpha value is -1.10. The molecule has 5 heteroatoms. The van der Waals surface area contributed by atoms with Crippen LogP contribution in [0.15, 0.2) is 0 Å². The molecule has 1 N–H and O–H groups in total. The quantitative estimate of drug-likeness (QED) is 0.108. The zero-order valence-corrected chi connectivity index (χ0v) is 22.0. The second kappa shape index (κ2) is 19.4. The monoisotopic (exact) mass is 456 g/mol. The first-order valence-electron chi connectivity index (χ1n) is 13.4. The molecule has 190 valence electrons.